The second-order valence-corrected chi connectivity index (χ2v) is 34.0. The number of hydrogen-bond donors (Lipinski definition) is 10. The summed E-state index contributed by atoms with van der Waals surface area (Å²) in [5.41, 5.74) is 20.6. The molecule has 0 aromatic heterocycles. The predicted octanol–water partition coefficient (Wildman–Crippen LogP) is 29.8. The number of carboxylic acids is 4. The average molecular weight is 2060 g/mol. The number of anilines is 7. The minimum atomic E-state index is -1.10. The Bertz CT molecular complexity index is 6410. The summed E-state index contributed by atoms with van der Waals surface area (Å²) in [5.74, 6) is -0.408. The van der Waals surface area contributed by atoms with Crippen LogP contribution in [0.25, 0.3) is 0 Å². The van der Waals surface area contributed by atoms with Crippen molar-refractivity contribution in [3.63, 3.8) is 0 Å². The number of halogens is 9. The van der Waals surface area contributed by atoms with Gasteiger partial charge in [-0.05, 0) is 246 Å². The van der Waals surface area contributed by atoms with Crippen LogP contribution >= 0.6 is 104 Å². The van der Waals surface area contributed by atoms with E-state index in [0.29, 0.717) is 27.8 Å². The lowest BCUT2D eigenvalue weighted by Gasteiger charge is -2.30. The number of ether oxygens (including phenoxy) is 5. The second-order valence-electron chi connectivity index (χ2n) is 29.8. The molecule has 0 aliphatic carbocycles. The SMILES string of the molecule is CO.CO.COc1ccc(C(Cl)(c2ccc(OC)cc2)c2ccccc2Cl)cc1.COc1ccc(C(Cl)(c2ccccc2)c2ccc(OC)cc2)cc1.COc1ccc(Nc2ccc(Cl)c(C(=O)O)c2)cc1.Cc1ccccc1.Cc1ccccc1Cl.Nc1ccc(Cl)c(C(=O)O)c1.O=C(O)c1cc(Nc2ccc(C(Cl)(c3ccccc3)c3ccc(Nc4ccc(Cl)c(C(=O)O)c4)cc3)cc2)ccc1Cl. The monoisotopic (exact) mass is 2060 g/mol. The minimum Gasteiger partial charge on any atom is -0.497 e. The molecule has 0 radical (unpaired) electrons. The Morgan fingerprint density at radius 3 is 0.721 bits per heavy atom. The fraction of sp³-hybridized carbons (Fsp3) is 0.107. The van der Waals surface area contributed by atoms with E-state index in [1.165, 1.54) is 48.0 Å². The normalized spacial score (nSPS) is 10.4. The van der Waals surface area contributed by atoms with Crippen LogP contribution in [0.15, 0.2) is 382 Å². The number of nitrogen functional groups attached to an aromatic ring is 1. The molecule has 0 fully saturated rings. The highest BCUT2D eigenvalue weighted by molar-refractivity contribution is 6.36. The van der Waals surface area contributed by atoms with E-state index < -0.39 is 38.5 Å². The van der Waals surface area contributed by atoms with Crippen LogP contribution in [0.5, 0.6) is 28.7 Å². The quantitative estimate of drug-likeness (QED) is 0.0153. The molecule has 0 atom stereocenters. The molecule has 0 saturated carbocycles. The van der Waals surface area contributed by atoms with Gasteiger partial charge in [-0.3, -0.25) is 0 Å². The van der Waals surface area contributed by atoms with Crippen molar-refractivity contribution in [2.75, 3.05) is 71.5 Å². The van der Waals surface area contributed by atoms with Crippen molar-refractivity contribution in [2.45, 2.75) is 28.5 Å². The van der Waals surface area contributed by atoms with Gasteiger partial charge >= 0.3 is 23.9 Å². The number of nitrogens with one attached hydrogen (secondary N) is 3. The highest BCUT2D eigenvalue weighted by Gasteiger charge is 2.38. The molecule has 16 rings (SSSR count). The summed E-state index contributed by atoms with van der Waals surface area (Å²) in [6.07, 6.45) is 0. The summed E-state index contributed by atoms with van der Waals surface area (Å²) in [6, 6.07) is 118. The van der Waals surface area contributed by atoms with Crippen molar-refractivity contribution >= 4 is 168 Å². The summed E-state index contributed by atoms with van der Waals surface area (Å²) < 4.78 is 26.1. The van der Waals surface area contributed by atoms with Crippen LogP contribution in [0, 0.1) is 13.8 Å². The topological polar surface area (TPSA) is 298 Å². The lowest BCUT2D eigenvalue weighted by molar-refractivity contribution is 0.0686. The standard InChI is InChI=1S/C33H23Cl3N2O4.C21H18Cl2O2.C21H19ClO2.C14H12ClNO3.C7H6ClNO2.C7H7Cl.C7H8.2CH4O/c34-29-16-14-25(18-27(29)31(39)40)37-23-10-6-21(7-11-23)33(36,20-4-2-1-3-5-20)22-8-12-24(13-9-22)38-26-15-17-30(35)28(19-26)32(41)42;1-24-17-11-7-15(8-12-17)21(23,19-5-3-4-6-20(19)22)16-9-13-18(25-2)14-10-16;1-23-19-12-8-17(9-13-19)21(22,16-6-4-3-5-7-16)18-10-14-20(24-2)15-11-18;1-19-11-5-2-9(3-6-11)16-10-4-7-13(15)12(8-10)14(17)18;8-6-2-1-4(9)3-5(6)7(10)11;1-6-4-2-3-5-7(6)8;1-7-5-3-2-4-6-7;2*1-2/h1-19,37-38H,(H,39,40)(H,41,42);3-14H,1-2H3;3-15H,1-2H3;2-8,16H,1H3,(H,17,18);1-3H,9H2,(H,10,11);2-5H,1H3;2-6H,1H3;2*2H,1H3. The molecule has 11 N–H and O–H groups in total. The summed E-state index contributed by atoms with van der Waals surface area (Å²) in [7, 11) is 10.2. The molecule has 16 aromatic carbocycles. The molecule has 19 nitrogen and oxygen atoms in total. The van der Waals surface area contributed by atoms with Crippen LogP contribution in [0.3, 0.4) is 0 Å². The van der Waals surface area contributed by atoms with Crippen LogP contribution in [0.4, 0.5) is 39.8 Å². The minimum absolute atomic E-state index is 0.0125. The third-order valence-electron chi connectivity index (χ3n) is 20.9. The largest absolute Gasteiger partial charge is 0.497 e. The van der Waals surface area contributed by atoms with Gasteiger partial charge in [-0.15, -0.1) is 34.8 Å². The first kappa shape index (κ1) is 111. The molecule has 0 amide bonds. The molecule has 0 aliphatic rings. The van der Waals surface area contributed by atoms with Crippen LogP contribution in [-0.4, -0.2) is 104 Å². The zero-order chi connectivity index (χ0) is 102. The molecule has 16 aromatic rings. The van der Waals surface area contributed by atoms with Gasteiger partial charge in [-0.2, -0.15) is 0 Å². The first-order valence-corrected chi connectivity index (χ1v) is 45.9. The Hall–Kier alpha value is -13.9. The summed E-state index contributed by atoms with van der Waals surface area (Å²) in [5, 5.41) is 62.0. The van der Waals surface area contributed by atoms with Crippen molar-refractivity contribution in [2.24, 2.45) is 0 Å². The van der Waals surface area contributed by atoms with Gasteiger partial charge in [0.1, 0.15) is 43.4 Å². The van der Waals surface area contributed by atoms with E-state index in [1.807, 2.05) is 304 Å². The maximum absolute atomic E-state index is 11.5. The molecular formula is C112H101Cl9N4O15. The van der Waals surface area contributed by atoms with E-state index in [4.69, 9.17) is 154 Å². The Balaban J connectivity index is 0.000000213. The lowest BCUT2D eigenvalue weighted by atomic mass is 9.84. The third kappa shape index (κ3) is 31.1. The number of nitrogens with two attached hydrogens (primary N) is 1. The van der Waals surface area contributed by atoms with Crippen molar-refractivity contribution in [3.8, 4) is 28.7 Å². The maximum Gasteiger partial charge on any atom is 0.337 e. The number of hydrogen-bond acceptors (Lipinski definition) is 15. The van der Waals surface area contributed by atoms with Crippen molar-refractivity contribution in [3.05, 3.63) is 496 Å². The van der Waals surface area contributed by atoms with Gasteiger partial charge in [-0.1, -0.05) is 275 Å². The van der Waals surface area contributed by atoms with Crippen LogP contribution in [0.1, 0.15) is 103 Å². The van der Waals surface area contributed by atoms with E-state index in [9.17, 15) is 29.4 Å². The smallest absolute Gasteiger partial charge is 0.337 e. The van der Waals surface area contributed by atoms with Gasteiger partial charge < -0.3 is 76.0 Å². The van der Waals surface area contributed by atoms with E-state index in [1.54, 1.807) is 65.9 Å². The van der Waals surface area contributed by atoms with Gasteiger partial charge in [0.05, 0.1) is 77.9 Å². The molecule has 0 saturated heterocycles. The number of aliphatic hydroxyl groups excluding tert-OH is 2. The van der Waals surface area contributed by atoms with Crippen LogP contribution < -0.4 is 45.4 Å². The first-order chi connectivity index (χ1) is 67.3. The highest BCUT2D eigenvalue weighted by Crippen LogP contribution is 2.49. The molecule has 722 valence electrons. The highest BCUT2D eigenvalue weighted by atomic mass is 35.5. The average Bonchev–Trinajstić information content (AvgIpc) is 0.764. The summed E-state index contributed by atoms with van der Waals surface area (Å²) in [4.78, 5) is 41.6. The molecule has 0 spiro atoms. The predicted molar refractivity (Wildman–Crippen MR) is 571 cm³/mol. The number of aromatic carboxylic acids is 4. The first-order valence-electron chi connectivity index (χ1n) is 42.5. The molecule has 0 aliphatic heterocycles. The zero-order valence-electron chi connectivity index (χ0n) is 77.2. The Kier molecular flexibility index (Phi) is 44.3. The van der Waals surface area contributed by atoms with Gasteiger partial charge in [0, 0.05) is 69.6 Å². The maximum atomic E-state index is 11.5. The molecular weight excluding hydrogens is 1960 g/mol. The van der Waals surface area contributed by atoms with E-state index >= 15 is 0 Å². The van der Waals surface area contributed by atoms with E-state index in [2.05, 4.69) is 35.0 Å². The van der Waals surface area contributed by atoms with Crippen LogP contribution in [0.2, 0.25) is 30.1 Å². The van der Waals surface area contributed by atoms with E-state index in [-0.39, 0.29) is 42.3 Å². The molecule has 0 unspecified atom stereocenters. The van der Waals surface area contributed by atoms with Crippen molar-refractivity contribution in [1.29, 1.82) is 0 Å². The van der Waals surface area contributed by atoms with Gasteiger partial charge in [-0.25, -0.2) is 19.2 Å². The van der Waals surface area contributed by atoms with Crippen LogP contribution in [-0.2, 0) is 14.6 Å². The fourth-order valence-corrected chi connectivity index (χ4v) is 16.1. The Morgan fingerprint density at radius 1 is 0.250 bits per heavy atom. The van der Waals surface area contributed by atoms with Crippen molar-refractivity contribution < 1.29 is 73.5 Å². The summed E-state index contributed by atoms with van der Waals surface area (Å²) >= 11 is 57.5. The van der Waals surface area contributed by atoms with Gasteiger partial charge in [0.15, 0.2) is 0 Å². The van der Waals surface area contributed by atoms with Gasteiger partial charge in [0.2, 0.25) is 0 Å². The zero-order valence-corrected chi connectivity index (χ0v) is 84.0. The number of aliphatic hydroxyl groups is 2. The Labute approximate surface area is 859 Å². The number of benzene rings is 16. The third-order valence-corrected chi connectivity index (χ3v) is 24.9. The molecule has 0 bridgehead atoms. The fourth-order valence-electron chi connectivity index (χ4n) is 13.7. The lowest BCUT2D eigenvalue weighted by Crippen LogP contribution is -2.22. The number of rotatable bonds is 24. The number of alkyl halides is 3. The Morgan fingerprint density at radius 2 is 0.471 bits per heavy atom. The number of carboxylic acid groups (broad SMARTS) is 4. The van der Waals surface area contributed by atoms with E-state index in [0.717, 1.165) is 121 Å². The number of methoxy groups -OCH3 is 5. The molecule has 0 heterocycles. The van der Waals surface area contributed by atoms with Gasteiger partial charge in [0.25, 0.3) is 0 Å². The molecule has 140 heavy (non-hydrogen) atoms. The number of aryl methyl sites for hydroxylation is 2. The summed E-state index contributed by atoms with van der Waals surface area (Å²) in [6.45, 7) is 4.07. The molecule has 28 heteroatoms. The number of carbonyl (C=O) groups is 4. The second kappa shape index (κ2) is 55.7. The van der Waals surface area contributed by atoms with Crippen molar-refractivity contribution in [1.82, 2.24) is 0 Å².